The molecule has 0 aromatic heterocycles. The van der Waals surface area contributed by atoms with Gasteiger partial charge in [0.15, 0.2) is 11.6 Å². The molecule has 0 aliphatic heterocycles. The van der Waals surface area contributed by atoms with Crippen LogP contribution in [0.25, 0.3) is 0 Å². The predicted octanol–water partition coefficient (Wildman–Crippen LogP) is 1.58. The fourth-order valence-electron chi connectivity index (χ4n) is 1.26. The van der Waals surface area contributed by atoms with E-state index in [1.54, 1.807) is 0 Å². The van der Waals surface area contributed by atoms with Gasteiger partial charge in [-0.1, -0.05) is 6.07 Å². The normalized spacial score (nSPS) is 11.5. The van der Waals surface area contributed by atoms with Crippen molar-refractivity contribution in [2.45, 2.75) is 12.6 Å². The number of phenolic OH excluding ortho intramolecular Hbond substituents is 1. The zero-order valence-corrected chi connectivity index (χ0v) is 7.81. The number of alkyl halides is 3. The van der Waals surface area contributed by atoms with Gasteiger partial charge >= 0.3 is 6.18 Å². The van der Waals surface area contributed by atoms with Crippen molar-refractivity contribution in [1.29, 1.82) is 0 Å². The summed E-state index contributed by atoms with van der Waals surface area (Å²) in [5.41, 5.74) is 2.62. The summed E-state index contributed by atoms with van der Waals surface area (Å²) in [6.07, 6.45) is -5.67. The molecule has 0 aliphatic carbocycles. The highest BCUT2D eigenvalue weighted by Crippen LogP contribution is 2.39. The molecule has 0 fully saturated rings. The van der Waals surface area contributed by atoms with Gasteiger partial charge in [-0.25, -0.2) is 4.39 Å². The van der Waals surface area contributed by atoms with Gasteiger partial charge in [-0.2, -0.15) is 13.2 Å². The Kier molecular flexibility index (Phi) is 3.06. The molecule has 16 heavy (non-hydrogen) atoms. The van der Waals surface area contributed by atoms with Crippen LogP contribution in [0.15, 0.2) is 12.1 Å². The number of amides is 1. The first kappa shape index (κ1) is 12.3. The third-order valence-electron chi connectivity index (χ3n) is 1.86. The van der Waals surface area contributed by atoms with Crippen LogP contribution in [0.1, 0.15) is 11.1 Å². The maximum atomic E-state index is 12.8. The number of aromatic hydroxyl groups is 1. The zero-order chi connectivity index (χ0) is 12.5. The lowest BCUT2D eigenvalue weighted by Crippen LogP contribution is -2.18. The Morgan fingerprint density at radius 3 is 2.38 bits per heavy atom. The maximum absolute atomic E-state index is 12.8. The maximum Gasteiger partial charge on any atom is 0.420 e. The summed E-state index contributed by atoms with van der Waals surface area (Å²) in [5.74, 6) is -3.93. The first-order valence-corrected chi connectivity index (χ1v) is 4.09. The van der Waals surface area contributed by atoms with E-state index in [0.717, 1.165) is 6.07 Å². The standard InChI is InChI=1S/C9H7F4NO2/c10-5-2-1-4(3-6(14)15)7(8(5)16)9(11,12)13/h1-2,16H,3H2,(H2,14,15). The van der Waals surface area contributed by atoms with Crippen LogP contribution in [0, 0.1) is 5.82 Å². The summed E-state index contributed by atoms with van der Waals surface area (Å²) in [6, 6.07) is 1.41. The van der Waals surface area contributed by atoms with Gasteiger partial charge in [0, 0.05) is 0 Å². The van der Waals surface area contributed by atoms with E-state index < -0.39 is 41.2 Å². The van der Waals surface area contributed by atoms with Crippen molar-refractivity contribution >= 4 is 5.91 Å². The number of carbonyl (C=O) groups excluding carboxylic acids is 1. The number of benzene rings is 1. The molecule has 1 aromatic rings. The molecule has 0 saturated carbocycles. The van der Waals surface area contributed by atoms with Crippen LogP contribution in [0.4, 0.5) is 17.6 Å². The highest BCUT2D eigenvalue weighted by atomic mass is 19.4. The summed E-state index contributed by atoms with van der Waals surface area (Å²) in [7, 11) is 0. The van der Waals surface area contributed by atoms with Crippen molar-refractivity contribution < 1.29 is 27.5 Å². The topological polar surface area (TPSA) is 63.3 Å². The second kappa shape index (κ2) is 3.99. The van der Waals surface area contributed by atoms with Crippen LogP contribution in [-0.4, -0.2) is 11.0 Å². The molecular weight excluding hydrogens is 230 g/mol. The van der Waals surface area contributed by atoms with E-state index in [1.807, 2.05) is 0 Å². The molecule has 3 nitrogen and oxygen atoms in total. The summed E-state index contributed by atoms with van der Waals surface area (Å²) in [4.78, 5) is 10.5. The molecule has 7 heteroatoms. The number of hydrogen-bond acceptors (Lipinski definition) is 2. The lowest BCUT2D eigenvalue weighted by atomic mass is 10.0. The molecule has 0 saturated heterocycles. The highest BCUT2D eigenvalue weighted by Gasteiger charge is 2.38. The molecule has 88 valence electrons. The van der Waals surface area contributed by atoms with Crippen LogP contribution >= 0.6 is 0 Å². The van der Waals surface area contributed by atoms with Crippen LogP contribution in [0.3, 0.4) is 0 Å². The average molecular weight is 237 g/mol. The van der Waals surface area contributed by atoms with Crippen molar-refractivity contribution in [3.05, 3.63) is 29.1 Å². The molecular formula is C9H7F4NO2. The van der Waals surface area contributed by atoms with Gasteiger partial charge in [0.25, 0.3) is 0 Å². The number of nitrogens with two attached hydrogens (primary N) is 1. The van der Waals surface area contributed by atoms with E-state index in [1.165, 1.54) is 0 Å². The smallest absolute Gasteiger partial charge is 0.420 e. The second-order valence-electron chi connectivity index (χ2n) is 3.07. The number of halogens is 4. The van der Waals surface area contributed by atoms with Crippen molar-refractivity contribution in [3.8, 4) is 5.75 Å². The van der Waals surface area contributed by atoms with Crippen molar-refractivity contribution in [1.82, 2.24) is 0 Å². The molecule has 0 spiro atoms. The number of rotatable bonds is 2. The fourth-order valence-corrected chi connectivity index (χ4v) is 1.26. The monoisotopic (exact) mass is 237 g/mol. The van der Waals surface area contributed by atoms with E-state index in [4.69, 9.17) is 10.8 Å². The molecule has 0 bridgehead atoms. The quantitative estimate of drug-likeness (QED) is 0.767. The lowest BCUT2D eigenvalue weighted by molar-refractivity contribution is -0.139. The Hall–Kier alpha value is -1.79. The fraction of sp³-hybridized carbons (Fsp3) is 0.222. The van der Waals surface area contributed by atoms with Gasteiger partial charge in [-0.15, -0.1) is 0 Å². The summed E-state index contributed by atoms with van der Waals surface area (Å²) >= 11 is 0. The van der Waals surface area contributed by atoms with E-state index in [2.05, 4.69) is 0 Å². The van der Waals surface area contributed by atoms with Gasteiger partial charge < -0.3 is 10.8 Å². The summed E-state index contributed by atoms with van der Waals surface area (Å²) < 4.78 is 50.1. The van der Waals surface area contributed by atoms with Crippen LogP contribution in [-0.2, 0) is 17.4 Å². The number of primary amides is 1. The average Bonchev–Trinajstić information content (AvgIpc) is 2.08. The first-order valence-electron chi connectivity index (χ1n) is 4.09. The minimum absolute atomic E-state index is 0.557. The van der Waals surface area contributed by atoms with Gasteiger partial charge in [0.2, 0.25) is 5.91 Å². The molecule has 0 atom stereocenters. The Balaban J connectivity index is 3.39. The Morgan fingerprint density at radius 1 is 1.38 bits per heavy atom. The molecule has 1 rings (SSSR count). The summed E-state index contributed by atoms with van der Waals surface area (Å²) in [6.45, 7) is 0. The largest absolute Gasteiger partial charge is 0.504 e. The Morgan fingerprint density at radius 2 is 1.94 bits per heavy atom. The predicted molar refractivity (Wildman–Crippen MR) is 46.0 cm³/mol. The molecule has 3 N–H and O–H groups in total. The SMILES string of the molecule is NC(=O)Cc1ccc(F)c(O)c1C(F)(F)F. The minimum Gasteiger partial charge on any atom is -0.504 e. The zero-order valence-electron chi connectivity index (χ0n) is 7.81. The molecule has 0 aliphatic rings. The van der Waals surface area contributed by atoms with E-state index in [9.17, 15) is 22.4 Å². The molecule has 0 radical (unpaired) electrons. The van der Waals surface area contributed by atoms with Crippen LogP contribution in [0.5, 0.6) is 5.75 Å². The second-order valence-corrected chi connectivity index (χ2v) is 3.07. The van der Waals surface area contributed by atoms with Gasteiger partial charge in [0.05, 0.1) is 6.42 Å². The van der Waals surface area contributed by atoms with Crippen LogP contribution < -0.4 is 5.73 Å². The first-order chi connectivity index (χ1) is 7.23. The third-order valence-corrected chi connectivity index (χ3v) is 1.86. The number of hydrogen-bond donors (Lipinski definition) is 2. The van der Waals surface area contributed by atoms with Crippen LogP contribution in [0.2, 0.25) is 0 Å². The van der Waals surface area contributed by atoms with Crippen molar-refractivity contribution in [2.24, 2.45) is 5.73 Å². The number of phenols is 1. The van der Waals surface area contributed by atoms with E-state index >= 15 is 0 Å². The van der Waals surface area contributed by atoms with Crippen molar-refractivity contribution in [3.63, 3.8) is 0 Å². The number of carbonyl (C=O) groups is 1. The molecule has 1 aromatic carbocycles. The Bertz CT molecular complexity index is 428. The van der Waals surface area contributed by atoms with Gasteiger partial charge in [0.1, 0.15) is 5.56 Å². The molecule has 1 amide bonds. The highest BCUT2D eigenvalue weighted by molar-refractivity contribution is 5.77. The van der Waals surface area contributed by atoms with E-state index in [-0.39, 0.29) is 0 Å². The third kappa shape index (κ3) is 2.41. The Labute approximate surface area is 87.5 Å². The van der Waals surface area contributed by atoms with Crippen molar-refractivity contribution in [2.75, 3.05) is 0 Å². The van der Waals surface area contributed by atoms with Gasteiger partial charge in [-0.3, -0.25) is 4.79 Å². The molecule has 0 heterocycles. The van der Waals surface area contributed by atoms with Gasteiger partial charge in [-0.05, 0) is 11.6 Å². The lowest BCUT2D eigenvalue weighted by Gasteiger charge is -2.13. The van der Waals surface area contributed by atoms with E-state index in [0.29, 0.717) is 6.07 Å². The summed E-state index contributed by atoms with van der Waals surface area (Å²) in [5, 5.41) is 8.98. The molecule has 0 unspecified atom stereocenters. The minimum atomic E-state index is -4.95.